The van der Waals surface area contributed by atoms with Crippen LogP contribution in [0.15, 0.2) is 0 Å². The molecular weight excluding hydrogens is 180 g/mol. The SMILES string of the molecule is CC(C)(C)OC(C)(O)NCCCCN. The van der Waals surface area contributed by atoms with Crippen molar-refractivity contribution in [3.63, 3.8) is 0 Å². The summed E-state index contributed by atoms with van der Waals surface area (Å²) in [4.78, 5) is 0. The third kappa shape index (κ3) is 8.44. The normalized spacial score (nSPS) is 16.7. The first-order chi connectivity index (χ1) is 6.27. The third-order valence-electron chi connectivity index (χ3n) is 1.59. The zero-order chi connectivity index (χ0) is 11.2. The molecule has 0 fully saturated rings. The highest BCUT2D eigenvalue weighted by molar-refractivity contribution is 4.66. The molecule has 1 unspecified atom stereocenters. The van der Waals surface area contributed by atoms with Gasteiger partial charge in [0.05, 0.1) is 5.60 Å². The molecule has 4 N–H and O–H groups in total. The molecule has 0 heterocycles. The molecule has 0 aliphatic rings. The molecule has 0 saturated heterocycles. The van der Waals surface area contributed by atoms with Crippen molar-refractivity contribution in [2.75, 3.05) is 13.1 Å². The van der Waals surface area contributed by atoms with Crippen LogP contribution in [0.2, 0.25) is 0 Å². The van der Waals surface area contributed by atoms with Crippen molar-refractivity contribution < 1.29 is 9.84 Å². The van der Waals surface area contributed by atoms with Crippen molar-refractivity contribution in [3.8, 4) is 0 Å². The molecule has 0 amide bonds. The van der Waals surface area contributed by atoms with E-state index in [1.807, 2.05) is 20.8 Å². The number of aliphatic hydroxyl groups is 1. The van der Waals surface area contributed by atoms with Crippen LogP contribution in [0.5, 0.6) is 0 Å². The first kappa shape index (κ1) is 13.8. The number of hydrogen-bond acceptors (Lipinski definition) is 4. The van der Waals surface area contributed by atoms with Crippen LogP contribution in [-0.4, -0.2) is 29.7 Å². The van der Waals surface area contributed by atoms with E-state index in [1.54, 1.807) is 6.92 Å². The van der Waals surface area contributed by atoms with Gasteiger partial charge in [-0.2, -0.15) is 0 Å². The summed E-state index contributed by atoms with van der Waals surface area (Å²) in [5, 5.41) is 12.7. The maximum atomic E-state index is 9.78. The molecule has 0 bridgehead atoms. The lowest BCUT2D eigenvalue weighted by Gasteiger charge is -2.32. The van der Waals surface area contributed by atoms with Crippen molar-refractivity contribution in [1.82, 2.24) is 5.32 Å². The Hall–Kier alpha value is -0.160. The van der Waals surface area contributed by atoms with Crippen molar-refractivity contribution in [3.05, 3.63) is 0 Å². The number of rotatable bonds is 6. The molecule has 0 radical (unpaired) electrons. The number of nitrogens with two attached hydrogens (primary N) is 1. The molecule has 0 aliphatic carbocycles. The van der Waals surface area contributed by atoms with Crippen LogP contribution < -0.4 is 11.1 Å². The van der Waals surface area contributed by atoms with Gasteiger partial charge in [0.25, 0.3) is 0 Å². The molecule has 0 aromatic heterocycles. The summed E-state index contributed by atoms with van der Waals surface area (Å²) in [5.41, 5.74) is 5.00. The summed E-state index contributed by atoms with van der Waals surface area (Å²) >= 11 is 0. The Labute approximate surface area is 86.8 Å². The van der Waals surface area contributed by atoms with E-state index in [0.29, 0.717) is 13.1 Å². The predicted octanol–water partition coefficient (Wildman–Crippen LogP) is 0.796. The van der Waals surface area contributed by atoms with Crippen molar-refractivity contribution in [2.45, 2.75) is 52.0 Å². The second kappa shape index (κ2) is 5.66. The van der Waals surface area contributed by atoms with Crippen LogP contribution in [0.3, 0.4) is 0 Å². The van der Waals surface area contributed by atoms with Gasteiger partial charge in [0.1, 0.15) is 0 Å². The fraction of sp³-hybridized carbons (Fsp3) is 1.00. The molecule has 0 aliphatic heterocycles. The van der Waals surface area contributed by atoms with Gasteiger partial charge in [-0.3, -0.25) is 5.32 Å². The average molecular weight is 204 g/mol. The van der Waals surface area contributed by atoms with Crippen LogP contribution in [0.25, 0.3) is 0 Å². The topological polar surface area (TPSA) is 67.5 Å². The summed E-state index contributed by atoms with van der Waals surface area (Å²) in [7, 11) is 0. The summed E-state index contributed by atoms with van der Waals surface area (Å²) < 4.78 is 5.42. The smallest absolute Gasteiger partial charge is 0.222 e. The van der Waals surface area contributed by atoms with E-state index in [0.717, 1.165) is 12.8 Å². The Bertz CT molecular complexity index is 153. The van der Waals surface area contributed by atoms with Gasteiger partial charge in [0.2, 0.25) is 5.91 Å². The van der Waals surface area contributed by atoms with E-state index in [4.69, 9.17) is 10.5 Å². The zero-order valence-electron chi connectivity index (χ0n) is 9.76. The fourth-order valence-corrected chi connectivity index (χ4v) is 1.22. The van der Waals surface area contributed by atoms with Crippen LogP contribution in [0.4, 0.5) is 0 Å². The molecule has 86 valence electrons. The Kier molecular flexibility index (Phi) is 5.59. The highest BCUT2D eigenvalue weighted by Gasteiger charge is 2.26. The number of nitrogens with one attached hydrogen (secondary N) is 1. The Morgan fingerprint density at radius 3 is 2.21 bits per heavy atom. The van der Waals surface area contributed by atoms with Gasteiger partial charge in [-0.25, -0.2) is 0 Å². The fourth-order valence-electron chi connectivity index (χ4n) is 1.22. The molecule has 0 aromatic carbocycles. The first-order valence-corrected chi connectivity index (χ1v) is 5.14. The van der Waals surface area contributed by atoms with Gasteiger partial charge in [0, 0.05) is 13.5 Å². The standard InChI is InChI=1S/C10H24N2O2/c1-9(2,3)14-10(4,13)12-8-6-5-7-11/h12-13H,5-8,11H2,1-4H3. The van der Waals surface area contributed by atoms with E-state index in [2.05, 4.69) is 5.32 Å². The van der Waals surface area contributed by atoms with Gasteiger partial charge < -0.3 is 15.6 Å². The van der Waals surface area contributed by atoms with E-state index in [-0.39, 0.29) is 5.60 Å². The molecule has 4 heteroatoms. The highest BCUT2D eigenvalue weighted by atomic mass is 16.7. The quantitative estimate of drug-likeness (QED) is 0.442. The Morgan fingerprint density at radius 1 is 1.21 bits per heavy atom. The largest absolute Gasteiger partial charge is 0.353 e. The third-order valence-corrected chi connectivity index (χ3v) is 1.59. The molecule has 0 rings (SSSR count). The lowest BCUT2D eigenvalue weighted by Crippen LogP contribution is -2.49. The van der Waals surface area contributed by atoms with Crippen molar-refractivity contribution in [1.29, 1.82) is 0 Å². The maximum absolute atomic E-state index is 9.78. The van der Waals surface area contributed by atoms with E-state index >= 15 is 0 Å². The van der Waals surface area contributed by atoms with Crippen LogP contribution >= 0.6 is 0 Å². The molecule has 0 aromatic rings. The minimum atomic E-state index is -1.26. The molecule has 4 nitrogen and oxygen atoms in total. The summed E-state index contributed by atoms with van der Waals surface area (Å²) in [6.45, 7) is 8.72. The predicted molar refractivity (Wildman–Crippen MR) is 57.8 cm³/mol. The molecule has 1 atom stereocenters. The van der Waals surface area contributed by atoms with Crippen molar-refractivity contribution >= 4 is 0 Å². The molecular formula is C10H24N2O2. The van der Waals surface area contributed by atoms with Crippen molar-refractivity contribution in [2.24, 2.45) is 5.73 Å². The highest BCUT2D eigenvalue weighted by Crippen LogP contribution is 2.15. The molecule has 0 saturated carbocycles. The number of unbranched alkanes of at least 4 members (excludes halogenated alkanes) is 1. The first-order valence-electron chi connectivity index (χ1n) is 5.14. The lowest BCUT2D eigenvalue weighted by molar-refractivity contribution is -0.259. The summed E-state index contributed by atoms with van der Waals surface area (Å²) in [6.07, 6.45) is 1.90. The lowest BCUT2D eigenvalue weighted by atomic mass is 10.2. The molecule has 0 spiro atoms. The minimum absolute atomic E-state index is 0.357. The monoisotopic (exact) mass is 204 g/mol. The zero-order valence-corrected chi connectivity index (χ0v) is 9.76. The van der Waals surface area contributed by atoms with Gasteiger partial charge in [-0.05, 0) is 40.2 Å². The van der Waals surface area contributed by atoms with Gasteiger partial charge in [-0.15, -0.1) is 0 Å². The Balaban J connectivity index is 3.72. The van der Waals surface area contributed by atoms with E-state index in [9.17, 15) is 5.11 Å². The minimum Gasteiger partial charge on any atom is -0.353 e. The van der Waals surface area contributed by atoms with Gasteiger partial charge in [0.15, 0.2) is 0 Å². The van der Waals surface area contributed by atoms with Gasteiger partial charge in [-0.1, -0.05) is 0 Å². The second-order valence-corrected chi connectivity index (χ2v) is 4.62. The second-order valence-electron chi connectivity index (χ2n) is 4.62. The maximum Gasteiger partial charge on any atom is 0.222 e. The van der Waals surface area contributed by atoms with E-state index in [1.165, 1.54) is 0 Å². The van der Waals surface area contributed by atoms with Crippen LogP contribution in [0, 0.1) is 0 Å². The summed E-state index contributed by atoms with van der Waals surface area (Å²) in [5.74, 6) is -1.26. The van der Waals surface area contributed by atoms with E-state index < -0.39 is 5.91 Å². The number of hydrogen-bond donors (Lipinski definition) is 3. The van der Waals surface area contributed by atoms with Crippen LogP contribution in [0.1, 0.15) is 40.5 Å². The van der Waals surface area contributed by atoms with Gasteiger partial charge >= 0.3 is 0 Å². The average Bonchev–Trinajstić information content (AvgIpc) is 1.93. The molecule has 14 heavy (non-hydrogen) atoms. The van der Waals surface area contributed by atoms with Crippen LogP contribution in [-0.2, 0) is 4.74 Å². The summed E-state index contributed by atoms with van der Waals surface area (Å²) in [6, 6.07) is 0. The Morgan fingerprint density at radius 2 is 1.79 bits per heavy atom. The number of ether oxygens (including phenoxy) is 1.